The molecule has 0 aromatic heterocycles. The van der Waals surface area contributed by atoms with Gasteiger partial charge in [0.05, 0.1) is 33.8 Å². The lowest BCUT2D eigenvalue weighted by Gasteiger charge is -2.26. The van der Waals surface area contributed by atoms with Crippen molar-refractivity contribution in [2.24, 2.45) is 10.9 Å². The topological polar surface area (TPSA) is 66.8 Å². The number of nitrogens with zero attached hydrogens (tertiary/aromatic N) is 2. The molecular formula is C18H20ClF3N2O3S2. The van der Waals surface area contributed by atoms with Crippen LogP contribution in [0.1, 0.15) is 32.3 Å². The molecule has 0 aliphatic carbocycles. The minimum Gasteiger partial charge on any atom is -0.314 e. The largest absolute Gasteiger partial charge is 0.416 e. The third-order valence-electron chi connectivity index (χ3n) is 5.14. The number of sulfone groups is 1. The standard InChI is InChI=1S/C18H20ClF3N2O3S2/c1-3-10(4-2)16(25)23-17-24(14-8-29(26,27)9-15(14)28-17)13-7-11(18(20,21)22)5-6-12(13)19/h5-7,10,14-15H,3-4,8-9H2,1-2H3/t14-,15+/m1/s1. The number of anilines is 1. The number of amidine groups is 1. The number of benzene rings is 1. The van der Waals surface area contributed by atoms with E-state index < -0.39 is 32.9 Å². The number of halogens is 4. The molecule has 2 fully saturated rings. The molecule has 0 N–H and O–H groups in total. The molecule has 2 atom stereocenters. The van der Waals surface area contributed by atoms with Crippen LogP contribution >= 0.6 is 23.4 Å². The molecule has 0 saturated carbocycles. The number of fused-ring (bicyclic) bond motifs is 1. The molecule has 160 valence electrons. The molecule has 1 aromatic rings. The Hall–Kier alpha value is -1.26. The molecule has 1 aromatic carbocycles. The maximum absolute atomic E-state index is 13.2. The molecule has 29 heavy (non-hydrogen) atoms. The second-order valence-electron chi connectivity index (χ2n) is 7.08. The van der Waals surface area contributed by atoms with Crippen molar-refractivity contribution in [3.8, 4) is 0 Å². The lowest BCUT2D eigenvalue weighted by molar-refractivity contribution is -0.137. The number of aliphatic imine (C=N–C) groups is 1. The van der Waals surface area contributed by atoms with Crippen LogP contribution in [-0.2, 0) is 20.8 Å². The van der Waals surface area contributed by atoms with Crippen LogP contribution in [0.15, 0.2) is 23.2 Å². The quantitative estimate of drug-likeness (QED) is 0.655. The molecule has 0 unspecified atom stereocenters. The molecule has 0 spiro atoms. The first-order chi connectivity index (χ1) is 13.5. The molecule has 2 aliphatic rings. The zero-order valence-electron chi connectivity index (χ0n) is 15.7. The van der Waals surface area contributed by atoms with Gasteiger partial charge in [0.1, 0.15) is 0 Å². The summed E-state index contributed by atoms with van der Waals surface area (Å²) in [5.41, 5.74) is -0.897. The van der Waals surface area contributed by atoms with Crippen LogP contribution < -0.4 is 4.90 Å². The van der Waals surface area contributed by atoms with Crippen LogP contribution in [0.3, 0.4) is 0 Å². The summed E-state index contributed by atoms with van der Waals surface area (Å²) in [5, 5.41) is -0.182. The van der Waals surface area contributed by atoms with E-state index >= 15 is 0 Å². The van der Waals surface area contributed by atoms with Crippen molar-refractivity contribution in [1.29, 1.82) is 0 Å². The molecule has 2 aliphatic heterocycles. The average molecular weight is 469 g/mol. The predicted molar refractivity (Wildman–Crippen MR) is 109 cm³/mol. The Morgan fingerprint density at radius 2 is 1.97 bits per heavy atom. The van der Waals surface area contributed by atoms with Crippen molar-refractivity contribution in [2.45, 2.75) is 44.2 Å². The van der Waals surface area contributed by atoms with Gasteiger partial charge >= 0.3 is 6.18 Å². The van der Waals surface area contributed by atoms with E-state index in [0.717, 1.165) is 30.0 Å². The Bertz CT molecular complexity index is 946. The molecule has 11 heteroatoms. The minimum absolute atomic E-state index is 0.00897. The third kappa shape index (κ3) is 4.59. The van der Waals surface area contributed by atoms with Crippen molar-refractivity contribution < 1.29 is 26.4 Å². The van der Waals surface area contributed by atoms with E-state index in [0.29, 0.717) is 12.8 Å². The van der Waals surface area contributed by atoms with Crippen molar-refractivity contribution >= 4 is 50.0 Å². The second kappa shape index (κ2) is 8.11. The summed E-state index contributed by atoms with van der Waals surface area (Å²) in [4.78, 5) is 18.1. The second-order valence-corrected chi connectivity index (χ2v) is 10.8. The number of hydrogen-bond donors (Lipinski definition) is 0. The summed E-state index contributed by atoms with van der Waals surface area (Å²) in [5.74, 6) is -1.01. The van der Waals surface area contributed by atoms with Gasteiger partial charge in [0, 0.05) is 11.2 Å². The van der Waals surface area contributed by atoms with E-state index in [1.54, 1.807) is 0 Å². The van der Waals surface area contributed by atoms with Crippen molar-refractivity contribution in [1.82, 2.24) is 0 Å². The summed E-state index contributed by atoms with van der Waals surface area (Å²) >= 11 is 7.31. The van der Waals surface area contributed by atoms with E-state index in [2.05, 4.69) is 4.99 Å². The Balaban J connectivity index is 2.09. The van der Waals surface area contributed by atoms with Gasteiger partial charge in [0.25, 0.3) is 5.91 Å². The minimum atomic E-state index is -4.59. The van der Waals surface area contributed by atoms with Gasteiger partial charge < -0.3 is 4.90 Å². The monoisotopic (exact) mass is 468 g/mol. The van der Waals surface area contributed by atoms with Crippen LogP contribution in [0.25, 0.3) is 0 Å². The van der Waals surface area contributed by atoms with Crippen LogP contribution in [0.4, 0.5) is 18.9 Å². The van der Waals surface area contributed by atoms with Gasteiger partial charge in [-0.25, -0.2) is 8.42 Å². The highest BCUT2D eigenvalue weighted by atomic mass is 35.5. The number of thioether (sulfide) groups is 1. The van der Waals surface area contributed by atoms with Gasteiger partial charge in [-0.1, -0.05) is 37.2 Å². The number of alkyl halides is 3. The lowest BCUT2D eigenvalue weighted by Crippen LogP contribution is -2.38. The smallest absolute Gasteiger partial charge is 0.314 e. The highest BCUT2D eigenvalue weighted by Crippen LogP contribution is 2.44. The summed E-state index contributed by atoms with van der Waals surface area (Å²) in [6.45, 7) is 3.72. The molecular weight excluding hydrogens is 449 g/mol. The van der Waals surface area contributed by atoms with Gasteiger partial charge in [0.15, 0.2) is 15.0 Å². The van der Waals surface area contributed by atoms with Crippen molar-refractivity contribution in [3.05, 3.63) is 28.8 Å². The van der Waals surface area contributed by atoms with Crippen LogP contribution in [0, 0.1) is 5.92 Å². The summed E-state index contributed by atoms with van der Waals surface area (Å²) < 4.78 is 63.9. The number of rotatable bonds is 4. The number of amides is 1. The van der Waals surface area contributed by atoms with Crippen LogP contribution in [-0.4, -0.2) is 42.3 Å². The van der Waals surface area contributed by atoms with E-state index in [4.69, 9.17) is 11.6 Å². The van der Waals surface area contributed by atoms with E-state index in [-0.39, 0.29) is 39.2 Å². The fourth-order valence-electron chi connectivity index (χ4n) is 3.54. The van der Waals surface area contributed by atoms with E-state index in [9.17, 15) is 26.4 Å². The summed E-state index contributed by atoms with van der Waals surface area (Å²) in [7, 11) is -3.34. The van der Waals surface area contributed by atoms with E-state index in [1.165, 1.54) is 4.90 Å². The van der Waals surface area contributed by atoms with Crippen LogP contribution in [0.5, 0.6) is 0 Å². The molecule has 1 amide bonds. The van der Waals surface area contributed by atoms with Gasteiger partial charge in [-0.15, -0.1) is 0 Å². The first-order valence-electron chi connectivity index (χ1n) is 9.12. The van der Waals surface area contributed by atoms with Gasteiger partial charge in [-0.2, -0.15) is 18.2 Å². The Labute approximate surface area is 176 Å². The average Bonchev–Trinajstić information content (AvgIpc) is 3.06. The highest BCUT2D eigenvalue weighted by Gasteiger charge is 2.50. The summed E-state index contributed by atoms with van der Waals surface area (Å²) in [6, 6.07) is 2.25. The zero-order chi connectivity index (χ0) is 21.6. The lowest BCUT2D eigenvalue weighted by atomic mass is 10.0. The maximum Gasteiger partial charge on any atom is 0.416 e. The zero-order valence-corrected chi connectivity index (χ0v) is 18.1. The fourth-order valence-corrected chi connectivity index (χ4v) is 7.66. The van der Waals surface area contributed by atoms with Gasteiger partial charge in [0.2, 0.25) is 0 Å². The predicted octanol–water partition coefficient (Wildman–Crippen LogP) is 4.40. The fraction of sp³-hybridized carbons (Fsp3) is 0.556. The molecule has 0 bridgehead atoms. The summed E-state index contributed by atoms with van der Waals surface area (Å²) in [6.07, 6.45) is -3.42. The molecule has 3 rings (SSSR count). The highest BCUT2D eigenvalue weighted by molar-refractivity contribution is 8.16. The first-order valence-corrected chi connectivity index (χ1v) is 12.2. The molecule has 2 saturated heterocycles. The third-order valence-corrected chi connectivity index (χ3v) is 8.67. The SMILES string of the molecule is CCC(CC)C(=O)N=C1S[C@H]2CS(=O)(=O)C[C@H]2N1c1cc(C(F)(F)F)ccc1Cl. The van der Waals surface area contributed by atoms with Crippen molar-refractivity contribution in [2.75, 3.05) is 16.4 Å². The van der Waals surface area contributed by atoms with Gasteiger partial charge in [-0.05, 0) is 31.0 Å². The Kier molecular flexibility index (Phi) is 6.27. The Morgan fingerprint density at radius 3 is 2.55 bits per heavy atom. The van der Waals surface area contributed by atoms with Crippen molar-refractivity contribution in [3.63, 3.8) is 0 Å². The number of carbonyl (C=O) groups is 1. The molecule has 2 heterocycles. The normalized spacial score (nSPS) is 25.1. The maximum atomic E-state index is 13.2. The first kappa shape index (κ1) is 22.4. The number of hydrogen-bond acceptors (Lipinski definition) is 4. The molecule has 5 nitrogen and oxygen atoms in total. The Morgan fingerprint density at radius 1 is 1.31 bits per heavy atom. The van der Waals surface area contributed by atoms with E-state index in [1.807, 2.05) is 13.8 Å². The number of carbonyl (C=O) groups excluding carboxylic acids is 1. The van der Waals surface area contributed by atoms with Crippen LogP contribution in [0.2, 0.25) is 5.02 Å². The van der Waals surface area contributed by atoms with Gasteiger partial charge in [-0.3, -0.25) is 4.79 Å². The molecule has 0 radical (unpaired) electrons.